The number of benzene rings is 2. The lowest BCUT2D eigenvalue weighted by atomic mass is 9.98. The molecule has 1 fully saturated rings. The van der Waals surface area contributed by atoms with Crippen molar-refractivity contribution >= 4 is 63.4 Å². The Labute approximate surface area is 276 Å². The van der Waals surface area contributed by atoms with Crippen molar-refractivity contribution in [3.8, 4) is 0 Å². The quantitative estimate of drug-likeness (QED) is 0.265. The van der Waals surface area contributed by atoms with E-state index in [9.17, 15) is 14.4 Å². The number of aryl methyl sites for hydroxylation is 1. The molecule has 1 saturated heterocycles. The first kappa shape index (κ1) is 32.7. The zero-order valence-electron chi connectivity index (χ0n) is 24.8. The minimum absolute atomic E-state index is 0.106. The van der Waals surface area contributed by atoms with Crippen LogP contribution in [0.5, 0.6) is 0 Å². The molecule has 7 nitrogen and oxygen atoms in total. The summed E-state index contributed by atoms with van der Waals surface area (Å²) in [6.07, 6.45) is 3.51. The van der Waals surface area contributed by atoms with Crippen LogP contribution < -0.4 is 0 Å². The number of likely N-dealkylation sites (tertiary alicyclic amines) is 1. The van der Waals surface area contributed by atoms with E-state index in [0.717, 1.165) is 49.2 Å². The number of ether oxygens (including phenoxy) is 2. The fourth-order valence-electron chi connectivity index (χ4n) is 5.99. The molecule has 232 valence electrons. The minimum Gasteiger partial charge on any atom is -0.468 e. The van der Waals surface area contributed by atoms with Gasteiger partial charge in [-0.3, -0.25) is 14.6 Å². The molecule has 3 aliphatic rings. The highest BCUT2D eigenvalue weighted by molar-refractivity contribution is 8.15. The van der Waals surface area contributed by atoms with E-state index in [1.807, 2.05) is 58.7 Å². The van der Waals surface area contributed by atoms with E-state index in [-0.39, 0.29) is 22.3 Å². The summed E-state index contributed by atoms with van der Waals surface area (Å²) in [6, 6.07) is 16.0. The number of rotatable bonds is 6. The number of carbonyl (C=O) groups is 3. The van der Waals surface area contributed by atoms with E-state index in [4.69, 9.17) is 32.7 Å². The summed E-state index contributed by atoms with van der Waals surface area (Å²) in [5, 5.41) is 1.51. The fraction of sp³-hybridized carbons (Fsp3) is 0.364. The Morgan fingerprint density at radius 2 is 1.45 bits per heavy atom. The van der Waals surface area contributed by atoms with Crippen LogP contribution in [0.2, 0.25) is 10.0 Å². The maximum absolute atomic E-state index is 12.4. The van der Waals surface area contributed by atoms with Gasteiger partial charge in [-0.15, -0.1) is 11.3 Å². The van der Waals surface area contributed by atoms with E-state index >= 15 is 0 Å². The molecule has 44 heavy (non-hydrogen) atoms. The van der Waals surface area contributed by atoms with Crippen LogP contribution in [0.4, 0.5) is 0 Å². The Morgan fingerprint density at radius 1 is 0.886 bits per heavy atom. The van der Waals surface area contributed by atoms with Gasteiger partial charge in [0.15, 0.2) is 0 Å². The second-order valence-corrected chi connectivity index (χ2v) is 14.2. The number of thiophene rings is 1. The van der Waals surface area contributed by atoms with Gasteiger partial charge in [-0.05, 0) is 66.3 Å². The maximum Gasteiger partial charge on any atom is 0.327 e. The van der Waals surface area contributed by atoms with Crippen LogP contribution in [0.25, 0.3) is 0 Å². The average Bonchev–Trinajstić information content (AvgIpc) is 3.59. The van der Waals surface area contributed by atoms with Gasteiger partial charge >= 0.3 is 11.9 Å². The first-order chi connectivity index (χ1) is 21.2. The number of hydrogen-bond donors (Lipinski definition) is 0. The molecular formula is C33H34Cl2N2O5S2. The van der Waals surface area contributed by atoms with Crippen LogP contribution in [-0.4, -0.2) is 66.0 Å². The molecule has 1 unspecified atom stereocenters. The molecule has 0 N–H and O–H groups in total. The Kier molecular flexibility index (Phi) is 10.9. The van der Waals surface area contributed by atoms with Gasteiger partial charge in [-0.1, -0.05) is 71.4 Å². The Hall–Kier alpha value is -2.66. The van der Waals surface area contributed by atoms with Gasteiger partial charge in [0.05, 0.1) is 14.2 Å². The van der Waals surface area contributed by atoms with Crippen molar-refractivity contribution in [3.05, 3.63) is 103 Å². The molecule has 0 aliphatic carbocycles. The number of methoxy groups -OCH3 is 2. The van der Waals surface area contributed by atoms with Crippen LogP contribution in [0.3, 0.4) is 0 Å². The molecule has 3 aromatic rings. The molecular weight excluding hydrogens is 639 g/mol. The second-order valence-electron chi connectivity index (χ2n) is 10.8. The molecule has 3 atom stereocenters. The first-order valence-corrected chi connectivity index (χ1v) is 16.8. The third-order valence-electron chi connectivity index (χ3n) is 8.04. The lowest BCUT2D eigenvalue weighted by Crippen LogP contribution is -2.42. The number of halogens is 2. The number of piperidine rings is 1. The molecule has 0 spiro atoms. The third-order valence-corrected chi connectivity index (χ3v) is 11.1. The van der Waals surface area contributed by atoms with E-state index in [1.54, 1.807) is 12.1 Å². The smallest absolute Gasteiger partial charge is 0.327 e. The van der Waals surface area contributed by atoms with Crippen molar-refractivity contribution in [1.29, 1.82) is 0 Å². The summed E-state index contributed by atoms with van der Waals surface area (Å²) >= 11 is 15.8. The number of nitrogens with zero attached hydrogens (tertiary/aromatic N) is 2. The summed E-state index contributed by atoms with van der Waals surface area (Å²) in [7, 11) is 2.81. The Morgan fingerprint density at radius 3 is 2.02 bits per heavy atom. The predicted octanol–water partition coefficient (Wildman–Crippen LogP) is 6.81. The largest absolute Gasteiger partial charge is 0.468 e. The fourth-order valence-corrected chi connectivity index (χ4v) is 8.52. The molecule has 1 aromatic heterocycles. The monoisotopic (exact) mass is 672 g/mol. The van der Waals surface area contributed by atoms with Gasteiger partial charge < -0.3 is 9.47 Å². The van der Waals surface area contributed by atoms with Gasteiger partial charge in [0.2, 0.25) is 5.12 Å². The summed E-state index contributed by atoms with van der Waals surface area (Å²) in [5.74, 6) is -0.590. The van der Waals surface area contributed by atoms with Crippen molar-refractivity contribution in [1.82, 2.24) is 9.80 Å². The van der Waals surface area contributed by atoms with Gasteiger partial charge in [0.25, 0.3) is 0 Å². The normalized spacial score (nSPS) is 19.5. The van der Waals surface area contributed by atoms with Gasteiger partial charge in [0.1, 0.15) is 12.1 Å². The van der Waals surface area contributed by atoms with E-state index < -0.39 is 12.1 Å². The lowest BCUT2D eigenvalue weighted by Gasteiger charge is -2.36. The summed E-state index contributed by atoms with van der Waals surface area (Å²) in [5.41, 5.74) is 3.95. The predicted molar refractivity (Wildman–Crippen MR) is 176 cm³/mol. The minimum atomic E-state index is -0.541. The van der Waals surface area contributed by atoms with E-state index in [2.05, 4.69) is 17.9 Å². The summed E-state index contributed by atoms with van der Waals surface area (Å²) < 4.78 is 10.0. The molecule has 11 heteroatoms. The number of hydrogen-bond acceptors (Lipinski definition) is 9. The average molecular weight is 674 g/mol. The van der Waals surface area contributed by atoms with Crippen LogP contribution in [0, 0.1) is 6.92 Å². The zero-order valence-corrected chi connectivity index (χ0v) is 27.9. The highest BCUT2D eigenvalue weighted by Gasteiger charge is 2.38. The Balaban J connectivity index is 0.000000175. The molecule has 2 aromatic carbocycles. The lowest BCUT2D eigenvalue weighted by molar-refractivity contribution is -0.148. The van der Waals surface area contributed by atoms with Crippen LogP contribution in [0.15, 0.2) is 66.2 Å². The van der Waals surface area contributed by atoms with Crippen molar-refractivity contribution in [3.63, 3.8) is 0 Å². The standard InChI is InChI=1S/C17H18ClNO2S.C16H16ClNO3S/c1-11-9-12-10-19(8-7-15(12)22-11)16(17(20)21-2)13-5-3-4-6-14(13)18;1-21-16(20)15(11-4-2-3-5-12(11)17)18-7-6-13-10(9-18)8-14(19)22-13/h3-6,9,16H,7-8,10H2,1-2H3;2-5,8,13,15H,6-7,9H2,1H3/t16-;13?,15-/m00/s1. The van der Waals surface area contributed by atoms with Crippen molar-refractivity contribution in [2.45, 2.75) is 43.6 Å². The number of fused-ring (bicyclic) bond motifs is 2. The molecule has 0 radical (unpaired) electrons. The second kappa shape index (κ2) is 14.6. The topological polar surface area (TPSA) is 76.1 Å². The molecule has 0 amide bonds. The SMILES string of the molecule is COC(=O)[C@H](c1ccccc1Cl)N1CCC2SC(=O)C=C2C1.COC(=O)[C@H](c1ccccc1Cl)N1CCc2sc(C)cc2C1. The van der Waals surface area contributed by atoms with E-state index in [1.165, 1.54) is 41.3 Å². The summed E-state index contributed by atoms with van der Waals surface area (Å²) in [6.45, 7) is 5.03. The highest BCUT2D eigenvalue weighted by Crippen LogP contribution is 2.39. The molecule has 3 aliphatic heterocycles. The van der Waals surface area contributed by atoms with Gasteiger partial charge in [-0.25, -0.2) is 9.59 Å². The third kappa shape index (κ3) is 7.25. The summed E-state index contributed by atoms with van der Waals surface area (Å²) in [4.78, 5) is 43.2. The van der Waals surface area contributed by atoms with Crippen molar-refractivity contribution in [2.24, 2.45) is 0 Å². The Bertz CT molecular complexity index is 1570. The van der Waals surface area contributed by atoms with Gasteiger partial charge in [-0.2, -0.15) is 0 Å². The molecule has 0 saturated carbocycles. The number of thioether (sulfide) groups is 1. The number of carbonyl (C=O) groups excluding carboxylic acids is 3. The first-order valence-electron chi connectivity index (χ1n) is 14.3. The highest BCUT2D eigenvalue weighted by atomic mass is 35.5. The number of esters is 2. The van der Waals surface area contributed by atoms with Crippen LogP contribution in [-0.2, 0) is 36.8 Å². The molecule has 6 rings (SSSR count). The van der Waals surface area contributed by atoms with Crippen LogP contribution in [0.1, 0.15) is 44.9 Å². The van der Waals surface area contributed by atoms with Crippen LogP contribution >= 0.6 is 46.3 Å². The van der Waals surface area contributed by atoms with Crippen molar-refractivity contribution in [2.75, 3.05) is 33.9 Å². The maximum atomic E-state index is 12.4. The van der Waals surface area contributed by atoms with Crippen molar-refractivity contribution < 1.29 is 23.9 Å². The van der Waals surface area contributed by atoms with E-state index in [0.29, 0.717) is 16.6 Å². The zero-order chi connectivity index (χ0) is 31.4. The molecule has 4 heterocycles. The van der Waals surface area contributed by atoms with Gasteiger partial charge in [0, 0.05) is 51.2 Å². The molecule has 0 bridgehead atoms.